The van der Waals surface area contributed by atoms with Crippen LogP contribution in [0.5, 0.6) is 0 Å². The summed E-state index contributed by atoms with van der Waals surface area (Å²) in [6.07, 6.45) is 14.0. The Kier molecular flexibility index (Phi) is 7.12. The van der Waals surface area contributed by atoms with E-state index in [1.54, 1.807) is 0 Å². The first-order chi connectivity index (χ1) is 16.9. The number of fused-ring (bicyclic) bond motifs is 2. The van der Waals surface area contributed by atoms with E-state index in [1.807, 2.05) is 6.08 Å². The van der Waals surface area contributed by atoms with Crippen LogP contribution in [0.1, 0.15) is 88.8 Å². The summed E-state index contributed by atoms with van der Waals surface area (Å²) < 4.78 is 2.44. The Hall–Kier alpha value is -2.07. The lowest BCUT2D eigenvalue weighted by molar-refractivity contribution is -0.139. The Morgan fingerprint density at radius 3 is 2.77 bits per heavy atom. The predicted octanol–water partition coefficient (Wildman–Crippen LogP) is 6.56. The van der Waals surface area contributed by atoms with E-state index in [2.05, 4.69) is 73.2 Å². The largest absolute Gasteiger partial charge is 0.345 e. The lowest BCUT2D eigenvalue weighted by atomic mass is 9.72. The quantitative estimate of drug-likeness (QED) is 0.458. The average Bonchev–Trinajstić information content (AvgIpc) is 3.21. The van der Waals surface area contributed by atoms with Crippen molar-refractivity contribution in [3.05, 3.63) is 48.2 Å². The first kappa shape index (κ1) is 24.6. The van der Waals surface area contributed by atoms with Gasteiger partial charge in [0.2, 0.25) is 5.91 Å². The molecule has 1 saturated carbocycles. The monoisotopic (exact) mass is 475 g/mol. The fraction of sp³-hybridized carbons (Fsp3) is 0.645. The molecule has 0 radical (unpaired) electrons. The van der Waals surface area contributed by atoms with Gasteiger partial charge < -0.3 is 9.47 Å². The summed E-state index contributed by atoms with van der Waals surface area (Å²) >= 11 is 0. The number of piperidine rings is 1. The molecule has 0 bridgehead atoms. The number of hydrogen-bond donors (Lipinski definition) is 0. The SMILES string of the molecule is C=CCN1C[C@H](C(=O)N(C)C2CCCCCC(C)C2)C[C@@H]2c3cccc4c3c(cn4C(C)C)C[C@H]21. The third kappa shape index (κ3) is 4.59. The Labute approximate surface area is 212 Å². The number of carbonyl (C=O) groups is 1. The molecule has 1 aromatic carbocycles. The number of nitrogens with zero attached hydrogens (tertiary/aromatic N) is 3. The molecule has 2 aromatic rings. The summed E-state index contributed by atoms with van der Waals surface area (Å²) in [6, 6.07) is 8.13. The number of carbonyl (C=O) groups excluding carboxylic acids is 1. The number of rotatable bonds is 5. The van der Waals surface area contributed by atoms with Gasteiger partial charge in [0.1, 0.15) is 0 Å². The lowest BCUT2D eigenvalue weighted by Crippen LogP contribution is -2.54. The third-order valence-corrected chi connectivity index (χ3v) is 9.30. The number of aromatic nitrogens is 1. The first-order valence-corrected chi connectivity index (χ1v) is 14.1. The van der Waals surface area contributed by atoms with Crippen molar-refractivity contribution < 1.29 is 4.79 Å². The van der Waals surface area contributed by atoms with Gasteiger partial charge in [0.25, 0.3) is 0 Å². The van der Waals surface area contributed by atoms with E-state index in [1.165, 1.54) is 47.7 Å². The highest BCUT2D eigenvalue weighted by molar-refractivity contribution is 5.89. The van der Waals surface area contributed by atoms with Crippen LogP contribution in [0.25, 0.3) is 10.9 Å². The third-order valence-electron chi connectivity index (χ3n) is 9.30. The highest BCUT2D eigenvalue weighted by atomic mass is 16.2. The van der Waals surface area contributed by atoms with Crippen molar-refractivity contribution in [1.82, 2.24) is 14.4 Å². The van der Waals surface area contributed by atoms with E-state index in [0.29, 0.717) is 35.9 Å². The van der Waals surface area contributed by atoms with Crippen LogP contribution in [0.4, 0.5) is 0 Å². The second-order valence-corrected chi connectivity index (χ2v) is 12.0. The molecule has 2 unspecified atom stereocenters. The molecule has 1 aromatic heterocycles. The molecular weight excluding hydrogens is 430 g/mol. The van der Waals surface area contributed by atoms with Crippen LogP contribution >= 0.6 is 0 Å². The van der Waals surface area contributed by atoms with Gasteiger partial charge in [-0.2, -0.15) is 0 Å². The summed E-state index contributed by atoms with van der Waals surface area (Å²) in [5, 5.41) is 1.45. The maximum atomic E-state index is 14.0. The summed E-state index contributed by atoms with van der Waals surface area (Å²) in [7, 11) is 2.09. The summed E-state index contributed by atoms with van der Waals surface area (Å²) in [6.45, 7) is 12.7. The summed E-state index contributed by atoms with van der Waals surface area (Å²) in [4.78, 5) is 18.7. The van der Waals surface area contributed by atoms with E-state index in [9.17, 15) is 4.79 Å². The molecule has 5 atom stereocenters. The van der Waals surface area contributed by atoms with Gasteiger partial charge in [-0.15, -0.1) is 6.58 Å². The first-order valence-electron chi connectivity index (χ1n) is 14.1. The smallest absolute Gasteiger partial charge is 0.226 e. The van der Waals surface area contributed by atoms with Crippen LogP contribution in [0, 0.1) is 11.8 Å². The van der Waals surface area contributed by atoms with Crippen molar-refractivity contribution in [2.24, 2.45) is 11.8 Å². The Morgan fingerprint density at radius 2 is 2.00 bits per heavy atom. The molecule has 4 heteroatoms. The Bertz CT molecular complexity index is 1070. The maximum Gasteiger partial charge on any atom is 0.226 e. The van der Waals surface area contributed by atoms with Gasteiger partial charge in [-0.3, -0.25) is 9.69 Å². The fourth-order valence-corrected chi connectivity index (χ4v) is 7.48. The van der Waals surface area contributed by atoms with Crippen molar-refractivity contribution in [3.63, 3.8) is 0 Å². The van der Waals surface area contributed by atoms with Gasteiger partial charge in [-0.25, -0.2) is 0 Å². The fourth-order valence-electron chi connectivity index (χ4n) is 7.48. The molecule has 1 amide bonds. The minimum atomic E-state index is 0.0611. The zero-order valence-corrected chi connectivity index (χ0v) is 22.4. The van der Waals surface area contributed by atoms with Gasteiger partial charge in [-0.1, -0.05) is 50.8 Å². The van der Waals surface area contributed by atoms with E-state index in [0.717, 1.165) is 38.8 Å². The van der Waals surface area contributed by atoms with E-state index >= 15 is 0 Å². The molecule has 2 fully saturated rings. The molecule has 5 rings (SSSR count). The molecular formula is C31H45N3O. The summed E-state index contributed by atoms with van der Waals surface area (Å²) in [5.74, 6) is 1.54. The van der Waals surface area contributed by atoms with Crippen LogP contribution in [-0.4, -0.2) is 52.5 Å². The number of likely N-dealkylation sites (tertiary alicyclic amines) is 1. The highest BCUT2D eigenvalue weighted by Crippen LogP contribution is 2.46. The second kappa shape index (κ2) is 10.1. The van der Waals surface area contributed by atoms with Crippen LogP contribution in [-0.2, 0) is 11.2 Å². The zero-order chi connectivity index (χ0) is 24.7. The van der Waals surface area contributed by atoms with Gasteiger partial charge in [-0.05, 0) is 62.6 Å². The predicted molar refractivity (Wildman–Crippen MR) is 146 cm³/mol. The molecule has 3 aliphatic rings. The van der Waals surface area contributed by atoms with E-state index in [4.69, 9.17) is 0 Å². The normalized spacial score (nSPS) is 29.5. The molecule has 190 valence electrons. The molecule has 2 aliphatic carbocycles. The molecule has 1 saturated heterocycles. The number of amides is 1. The number of hydrogen-bond acceptors (Lipinski definition) is 2. The summed E-state index contributed by atoms with van der Waals surface area (Å²) in [5.41, 5.74) is 4.29. The second-order valence-electron chi connectivity index (χ2n) is 12.0. The number of benzene rings is 1. The van der Waals surface area contributed by atoms with Crippen LogP contribution in [0.15, 0.2) is 37.1 Å². The average molecular weight is 476 g/mol. The van der Waals surface area contributed by atoms with Gasteiger partial charge in [0.15, 0.2) is 0 Å². The van der Waals surface area contributed by atoms with E-state index < -0.39 is 0 Å². The van der Waals surface area contributed by atoms with Crippen LogP contribution in [0.3, 0.4) is 0 Å². The van der Waals surface area contributed by atoms with E-state index in [-0.39, 0.29) is 5.92 Å². The zero-order valence-electron chi connectivity index (χ0n) is 22.4. The van der Waals surface area contributed by atoms with Crippen molar-refractivity contribution in [1.29, 1.82) is 0 Å². The topological polar surface area (TPSA) is 28.5 Å². The standard InChI is InChI=1S/C31H45N3O/c1-6-15-33-19-24(31(35)32(5)25-12-9-7-8-11-22(4)16-25)17-27-26-13-10-14-28-30(26)23(18-29(27)33)20-34(28)21(2)3/h6,10,13-14,20-22,24-25,27,29H,1,7-9,11-12,15-19H2,2-5H3/t22?,24-,25?,27-,29-/m1/s1. The lowest BCUT2D eigenvalue weighted by Gasteiger charge is -2.47. The molecule has 2 heterocycles. The Balaban J connectivity index is 1.44. The van der Waals surface area contributed by atoms with Gasteiger partial charge in [0, 0.05) is 61.3 Å². The van der Waals surface area contributed by atoms with Crippen LogP contribution in [0.2, 0.25) is 0 Å². The van der Waals surface area contributed by atoms with Crippen molar-refractivity contribution in [2.75, 3.05) is 20.1 Å². The molecule has 35 heavy (non-hydrogen) atoms. The molecule has 0 spiro atoms. The minimum absolute atomic E-state index is 0.0611. The van der Waals surface area contributed by atoms with Crippen LogP contribution < -0.4 is 0 Å². The van der Waals surface area contributed by atoms with Gasteiger partial charge >= 0.3 is 0 Å². The highest BCUT2D eigenvalue weighted by Gasteiger charge is 2.43. The van der Waals surface area contributed by atoms with Crippen molar-refractivity contribution in [2.45, 2.75) is 96.2 Å². The van der Waals surface area contributed by atoms with Gasteiger partial charge in [0.05, 0.1) is 5.92 Å². The van der Waals surface area contributed by atoms with Crippen molar-refractivity contribution in [3.8, 4) is 0 Å². The molecule has 1 aliphatic heterocycles. The maximum absolute atomic E-state index is 14.0. The minimum Gasteiger partial charge on any atom is -0.345 e. The Morgan fingerprint density at radius 1 is 1.20 bits per heavy atom. The van der Waals surface area contributed by atoms with Crippen molar-refractivity contribution >= 4 is 16.8 Å². The molecule has 0 N–H and O–H groups in total. The molecule has 4 nitrogen and oxygen atoms in total.